The number of carbonyl (C=O) groups is 2. The van der Waals surface area contributed by atoms with Crippen molar-refractivity contribution in [3.8, 4) is 11.5 Å². The van der Waals surface area contributed by atoms with Crippen molar-refractivity contribution in [2.24, 2.45) is 0 Å². The van der Waals surface area contributed by atoms with Crippen LogP contribution in [0.25, 0.3) is 0 Å². The summed E-state index contributed by atoms with van der Waals surface area (Å²) >= 11 is 0. The molecule has 3 rings (SSSR count). The van der Waals surface area contributed by atoms with Crippen LogP contribution in [0.15, 0.2) is 42.7 Å². The summed E-state index contributed by atoms with van der Waals surface area (Å²) in [5.74, 6) is 0.248. The number of hydrogen-bond donors (Lipinski definition) is 1. The molecular formula is C14H10N2O3. The molecule has 0 aliphatic carbocycles. The van der Waals surface area contributed by atoms with E-state index in [9.17, 15) is 9.59 Å². The molecule has 19 heavy (non-hydrogen) atoms. The third-order valence-electron chi connectivity index (χ3n) is 2.81. The Morgan fingerprint density at radius 3 is 2.84 bits per heavy atom. The van der Waals surface area contributed by atoms with Crippen LogP contribution in [0.2, 0.25) is 0 Å². The van der Waals surface area contributed by atoms with Crippen molar-refractivity contribution in [2.75, 3.05) is 0 Å². The molecular weight excluding hydrogens is 244 g/mol. The van der Waals surface area contributed by atoms with Crippen molar-refractivity contribution in [1.29, 1.82) is 0 Å². The first kappa shape index (κ1) is 11.4. The lowest BCUT2D eigenvalue weighted by Gasteiger charge is -2.18. The summed E-state index contributed by atoms with van der Waals surface area (Å²) in [6.07, 6.45) is 3.38. The van der Waals surface area contributed by atoms with Gasteiger partial charge in [-0.15, -0.1) is 0 Å². The van der Waals surface area contributed by atoms with Crippen LogP contribution in [0, 0.1) is 0 Å². The van der Waals surface area contributed by atoms with Crippen LogP contribution in [0.5, 0.6) is 11.5 Å². The fourth-order valence-corrected chi connectivity index (χ4v) is 2.01. The Morgan fingerprint density at radius 2 is 2.05 bits per heavy atom. The van der Waals surface area contributed by atoms with Crippen molar-refractivity contribution < 1.29 is 14.3 Å². The number of amides is 2. The van der Waals surface area contributed by atoms with E-state index >= 15 is 0 Å². The van der Waals surface area contributed by atoms with E-state index in [0.717, 1.165) is 0 Å². The first-order valence-corrected chi connectivity index (χ1v) is 5.78. The van der Waals surface area contributed by atoms with Gasteiger partial charge in [0.2, 0.25) is 5.91 Å². The Bertz CT molecular complexity index is 653. The van der Waals surface area contributed by atoms with Gasteiger partial charge in [-0.05, 0) is 23.8 Å². The number of fused-ring (bicyclic) bond motifs is 1. The summed E-state index contributed by atoms with van der Waals surface area (Å²) in [5.41, 5.74) is 1.08. The fraction of sp³-hybridized carbons (Fsp3) is 0.0714. The zero-order valence-electron chi connectivity index (χ0n) is 9.92. The van der Waals surface area contributed by atoms with Gasteiger partial charge in [-0.25, -0.2) is 0 Å². The van der Waals surface area contributed by atoms with Gasteiger partial charge < -0.3 is 4.74 Å². The molecule has 1 aliphatic rings. The van der Waals surface area contributed by atoms with Crippen LogP contribution < -0.4 is 10.1 Å². The van der Waals surface area contributed by atoms with Crippen molar-refractivity contribution >= 4 is 11.8 Å². The number of nitrogens with zero attached hydrogens (tertiary/aromatic N) is 1. The molecule has 0 fully saturated rings. The molecule has 2 amide bonds. The lowest BCUT2D eigenvalue weighted by molar-refractivity contribution is -0.119. The molecule has 1 N–H and O–H groups in total. The minimum Gasteiger partial charge on any atom is -0.455 e. The number of rotatable bonds is 2. The molecule has 0 radical (unpaired) electrons. The Labute approximate surface area is 109 Å². The van der Waals surface area contributed by atoms with E-state index in [1.54, 1.807) is 42.7 Å². The van der Waals surface area contributed by atoms with E-state index in [1.165, 1.54) is 0 Å². The second kappa shape index (κ2) is 4.53. The predicted molar refractivity (Wildman–Crippen MR) is 66.9 cm³/mol. The molecule has 0 atom stereocenters. The lowest BCUT2D eigenvalue weighted by atomic mass is 9.99. The average molecular weight is 254 g/mol. The van der Waals surface area contributed by atoms with Crippen molar-refractivity contribution in [2.45, 2.75) is 6.42 Å². The van der Waals surface area contributed by atoms with Crippen molar-refractivity contribution in [3.05, 3.63) is 53.9 Å². The predicted octanol–water partition coefficient (Wildman–Crippen LogP) is 1.69. The second-order valence-electron chi connectivity index (χ2n) is 4.14. The van der Waals surface area contributed by atoms with Gasteiger partial charge >= 0.3 is 0 Å². The van der Waals surface area contributed by atoms with Gasteiger partial charge in [-0.3, -0.25) is 19.9 Å². The third kappa shape index (κ3) is 2.18. The molecule has 0 spiro atoms. The number of imide groups is 1. The summed E-state index contributed by atoms with van der Waals surface area (Å²) in [5, 5.41) is 2.29. The summed E-state index contributed by atoms with van der Waals surface area (Å²) < 4.78 is 5.65. The van der Waals surface area contributed by atoms with E-state index in [0.29, 0.717) is 22.6 Å². The first-order chi connectivity index (χ1) is 9.24. The number of nitrogens with one attached hydrogen (secondary N) is 1. The highest BCUT2D eigenvalue weighted by molar-refractivity contribution is 6.11. The van der Waals surface area contributed by atoms with Gasteiger partial charge in [0, 0.05) is 6.20 Å². The Kier molecular flexibility index (Phi) is 2.72. The molecule has 0 bridgehead atoms. The van der Waals surface area contributed by atoms with Gasteiger partial charge in [0.05, 0.1) is 18.2 Å². The van der Waals surface area contributed by atoms with Crippen LogP contribution in [0.1, 0.15) is 15.9 Å². The maximum Gasteiger partial charge on any atom is 0.261 e. The minimum atomic E-state index is -0.425. The normalized spacial score (nSPS) is 13.7. The Balaban J connectivity index is 2.02. The largest absolute Gasteiger partial charge is 0.455 e. The molecule has 94 valence electrons. The highest BCUT2D eigenvalue weighted by atomic mass is 16.5. The standard InChI is InChI=1S/C14H10N2O3/c17-12-7-9-3-1-5-11(13(9)14(18)16-12)19-10-4-2-6-15-8-10/h1-6,8H,7H2,(H,16,17,18). The van der Waals surface area contributed by atoms with E-state index in [-0.39, 0.29) is 12.3 Å². The number of carbonyl (C=O) groups excluding carboxylic acids is 2. The SMILES string of the molecule is O=C1Cc2cccc(Oc3cccnc3)c2C(=O)N1. The molecule has 2 heterocycles. The monoisotopic (exact) mass is 254 g/mol. The number of benzene rings is 1. The Morgan fingerprint density at radius 1 is 1.16 bits per heavy atom. The van der Waals surface area contributed by atoms with Gasteiger partial charge in [-0.2, -0.15) is 0 Å². The molecule has 0 saturated carbocycles. The van der Waals surface area contributed by atoms with Crippen LogP contribution in [0.3, 0.4) is 0 Å². The molecule has 5 nitrogen and oxygen atoms in total. The maximum absolute atomic E-state index is 11.9. The smallest absolute Gasteiger partial charge is 0.261 e. The summed E-state index contributed by atoms with van der Waals surface area (Å²) in [6, 6.07) is 8.70. The summed E-state index contributed by atoms with van der Waals surface area (Å²) in [7, 11) is 0. The van der Waals surface area contributed by atoms with Crippen molar-refractivity contribution in [1.82, 2.24) is 10.3 Å². The second-order valence-corrected chi connectivity index (χ2v) is 4.14. The molecule has 0 unspecified atom stereocenters. The van der Waals surface area contributed by atoms with Crippen LogP contribution in [0.4, 0.5) is 0 Å². The number of pyridine rings is 1. The van der Waals surface area contributed by atoms with E-state index < -0.39 is 5.91 Å². The van der Waals surface area contributed by atoms with Crippen LogP contribution in [-0.4, -0.2) is 16.8 Å². The summed E-state index contributed by atoms with van der Waals surface area (Å²) in [6.45, 7) is 0. The average Bonchev–Trinajstić information content (AvgIpc) is 2.39. The van der Waals surface area contributed by atoms with Gasteiger partial charge in [0.25, 0.3) is 5.91 Å². The van der Waals surface area contributed by atoms with Gasteiger partial charge in [0.1, 0.15) is 11.5 Å². The number of ether oxygens (including phenoxy) is 1. The molecule has 5 heteroatoms. The zero-order valence-corrected chi connectivity index (χ0v) is 9.92. The van der Waals surface area contributed by atoms with Crippen LogP contribution in [-0.2, 0) is 11.2 Å². The third-order valence-corrected chi connectivity index (χ3v) is 2.81. The van der Waals surface area contributed by atoms with Gasteiger partial charge in [0.15, 0.2) is 0 Å². The quantitative estimate of drug-likeness (QED) is 0.828. The maximum atomic E-state index is 11.9. The zero-order chi connectivity index (χ0) is 13.2. The lowest BCUT2D eigenvalue weighted by Crippen LogP contribution is -2.37. The number of aromatic nitrogens is 1. The molecule has 1 aliphatic heterocycles. The molecule has 2 aromatic rings. The minimum absolute atomic E-state index is 0.186. The Hall–Kier alpha value is -2.69. The number of hydrogen-bond acceptors (Lipinski definition) is 4. The van der Waals surface area contributed by atoms with Crippen molar-refractivity contribution in [3.63, 3.8) is 0 Å². The van der Waals surface area contributed by atoms with Crippen LogP contribution >= 0.6 is 0 Å². The van der Waals surface area contributed by atoms with E-state index in [4.69, 9.17) is 4.74 Å². The first-order valence-electron chi connectivity index (χ1n) is 5.78. The molecule has 1 aromatic heterocycles. The van der Waals surface area contributed by atoms with Gasteiger partial charge in [-0.1, -0.05) is 12.1 Å². The summed E-state index contributed by atoms with van der Waals surface area (Å²) in [4.78, 5) is 27.1. The highest BCUT2D eigenvalue weighted by Crippen LogP contribution is 2.29. The molecule has 1 aromatic carbocycles. The topological polar surface area (TPSA) is 68.3 Å². The van der Waals surface area contributed by atoms with E-state index in [1.807, 2.05) is 0 Å². The fourth-order valence-electron chi connectivity index (χ4n) is 2.01. The highest BCUT2D eigenvalue weighted by Gasteiger charge is 2.25. The molecule has 0 saturated heterocycles. The van der Waals surface area contributed by atoms with E-state index in [2.05, 4.69) is 10.3 Å².